The summed E-state index contributed by atoms with van der Waals surface area (Å²) in [6, 6.07) is 3.95. The molecule has 0 aliphatic heterocycles. The minimum atomic E-state index is -2.86. The lowest BCUT2D eigenvalue weighted by molar-refractivity contribution is -0.137. The van der Waals surface area contributed by atoms with Crippen LogP contribution in [-0.2, 0) is 4.79 Å². The molecular weight excluding hydrogens is 331 g/mol. The molecule has 0 amide bonds. The third kappa shape index (κ3) is 3.28. The van der Waals surface area contributed by atoms with Gasteiger partial charge in [-0.3, -0.25) is 4.79 Å². The van der Waals surface area contributed by atoms with Crippen molar-refractivity contribution in [3.8, 4) is 0 Å². The van der Waals surface area contributed by atoms with Gasteiger partial charge in [0.15, 0.2) is 0 Å². The summed E-state index contributed by atoms with van der Waals surface area (Å²) in [6.07, 6.45) is 0.443. The van der Waals surface area contributed by atoms with Crippen molar-refractivity contribution in [2.45, 2.75) is 24.5 Å². The van der Waals surface area contributed by atoms with E-state index in [0.29, 0.717) is 0 Å². The number of allylic oxidation sites excluding steroid dienone is 3. The van der Waals surface area contributed by atoms with Gasteiger partial charge in [-0.1, -0.05) is 29.8 Å². The third-order valence-corrected chi connectivity index (χ3v) is 4.20. The number of carboxylic acid groups (broad SMARTS) is 1. The van der Waals surface area contributed by atoms with Gasteiger partial charge in [-0.05, 0) is 24.6 Å². The highest BCUT2D eigenvalue weighted by Gasteiger charge is 2.50. The van der Waals surface area contributed by atoms with Crippen molar-refractivity contribution in [3.63, 3.8) is 0 Å². The molecule has 1 aromatic rings. The maximum Gasteiger partial charge on any atom is 0.304 e. The summed E-state index contributed by atoms with van der Waals surface area (Å²) in [5.74, 6) is -4.68. The van der Waals surface area contributed by atoms with Gasteiger partial charge in [-0.2, -0.15) is 0 Å². The van der Waals surface area contributed by atoms with Crippen molar-refractivity contribution in [2.75, 3.05) is 0 Å². The molecule has 2 rings (SSSR count). The van der Waals surface area contributed by atoms with E-state index in [1.54, 1.807) is 0 Å². The molecule has 3 nitrogen and oxygen atoms in total. The molecule has 0 saturated carbocycles. The highest BCUT2D eigenvalue weighted by atomic mass is 35.5. The zero-order valence-electron chi connectivity index (χ0n) is 12.2. The largest absolute Gasteiger partial charge is 0.481 e. The smallest absolute Gasteiger partial charge is 0.304 e. The van der Waals surface area contributed by atoms with E-state index >= 15 is 4.39 Å². The van der Waals surface area contributed by atoms with Gasteiger partial charge in [-0.25, -0.2) is 13.2 Å². The Labute approximate surface area is 136 Å². The van der Waals surface area contributed by atoms with Crippen LogP contribution in [0.3, 0.4) is 0 Å². The number of alkyl halides is 2. The molecule has 1 aliphatic rings. The van der Waals surface area contributed by atoms with Crippen LogP contribution in [-0.4, -0.2) is 22.2 Å². The van der Waals surface area contributed by atoms with Crippen LogP contribution < -0.4 is 5.73 Å². The standard InChI is InChI=1S/C16H15ClF3NO2/c1-8-6-10(9-4-2-3-5-11(9)18)16(17,20)14(15(8)19)12(21)7-13(22)23/h2-6,12,14H,7,21H2,1H3,(H,22,23). The van der Waals surface area contributed by atoms with Gasteiger partial charge in [0.05, 0.1) is 12.3 Å². The minimum Gasteiger partial charge on any atom is -0.481 e. The molecular formula is C16H15ClF3NO2. The van der Waals surface area contributed by atoms with Crippen LogP contribution in [0.1, 0.15) is 18.9 Å². The van der Waals surface area contributed by atoms with Gasteiger partial charge in [0.2, 0.25) is 5.13 Å². The minimum absolute atomic E-state index is 0.0306. The van der Waals surface area contributed by atoms with Crippen LogP contribution in [0, 0.1) is 11.7 Å². The van der Waals surface area contributed by atoms with Gasteiger partial charge in [0, 0.05) is 17.2 Å². The second-order valence-electron chi connectivity index (χ2n) is 5.43. The van der Waals surface area contributed by atoms with Crippen molar-refractivity contribution in [3.05, 3.63) is 53.1 Å². The van der Waals surface area contributed by atoms with E-state index in [9.17, 15) is 13.6 Å². The molecule has 0 bridgehead atoms. The Balaban J connectivity index is 2.56. The monoisotopic (exact) mass is 345 g/mol. The summed E-state index contributed by atoms with van der Waals surface area (Å²) in [7, 11) is 0. The first-order chi connectivity index (χ1) is 10.7. The number of aliphatic carboxylic acids is 1. The Bertz CT molecular complexity index is 700. The van der Waals surface area contributed by atoms with E-state index in [0.717, 1.165) is 12.1 Å². The quantitative estimate of drug-likeness (QED) is 0.816. The molecule has 0 spiro atoms. The first-order valence-electron chi connectivity index (χ1n) is 6.84. The molecule has 0 saturated heterocycles. The summed E-state index contributed by atoms with van der Waals surface area (Å²) >= 11 is 5.90. The van der Waals surface area contributed by atoms with Crippen molar-refractivity contribution in [1.29, 1.82) is 0 Å². The Hall–Kier alpha value is -1.79. The zero-order chi connectivity index (χ0) is 17.4. The average molecular weight is 346 g/mol. The molecule has 0 radical (unpaired) electrons. The fourth-order valence-corrected chi connectivity index (χ4v) is 3.08. The zero-order valence-corrected chi connectivity index (χ0v) is 12.9. The molecule has 3 unspecified atom stereocenters. The van der Waals surface area contributed by atoms with Crippen LogP contribution in [0.15, 0.2) is 41.7 Å². The summed E-state index contributed by atoms with van der Waals surface area (Å²) in [5.41, 5.74) is 5.29. The van der Waals surface area contributed by atoms with Crippen LogP contribution in [0.4, 0.5) is 13.2 Å². The molecule has 23 heavy (non-hydrogen) atoms. The van der Waals surface area contributed by atoms with Gasteiger partial charge in [0.25, 0.3) is 0 Å². The summed E-state index contributed by atoms with van der Waals surface area (Å²) in [4.78, 5) is 10.8. The summed E-state index contributed by atoms with van der Waals surface area (Å²) < 4.78 is 43.5. The molecule has 0 fully saturated rings. The highest BCUT2D eigenvalue weighted by molar-refractivity contribution is 6.29. The van der Waals surface area contributed by atoms with Gasteiger partial charge < -0.3 is 10.8 Å². The predicted molar refractivity (Wildman–Crippen MR) is 81.6 cm³/mol. The lowest BCUT2D eigenvalue weighted by Gasteiger charge is -2.36. The number of carboxylic acids is 1. The van der Waals surface area contributed by atoms with Gasteiger partial charge in [-0.15, -0.1) is 0 Å². The lowest BCUT2D eigenvalue weighted by Crippen LogP contribution is -2.45. The second-order valence-corrected chi connectivity index (χ2v) is 5.98. The van der Waals surface area contributed by atoms with E-state index in [-0.39, 0.29) is 16.7 Å². The SMILES string of the molecule is CC1=C(F)C(C(N)CC(=O)O)C(F)(Cl)C(c2ccccc2F)=C1. The Morgan fingerprint density at radius 1 is 1.43 bits per heavy atom. The predicted octanol–water partition coefficient (Wildman–Crippen LogP) is 3.79. The number of hydrogen-bond acceptors (Lipinski definition) is 2. The third-order valence-electron chi connectivity index (χ3n) is 3.76. The number of hydrogen-bond donors (Lipinski definition) is 2. The van der Waals surface area contributed by atoms with Crippen LogP contribution >= 0.6 is 11.6 Å². The van der Waals surface area contributed by atoms with Crippen LogP contribution in [0.2, 0.25) is 0 Å². The van der Waals surface area contributed by atoms with Gasteiger partial charge in [0.1, 0.15) is 11.6 Å². The number of carbonyl (C=O) groups is 1. The molecule has 3 atom stereocenters. The van der Waals surface area contributed by atoms with Crippen molar-refractivity contribution in [2.24, 2.45) is 11.7 Å². The topological polar surface area (TPSA) is 63.3 Å². The fraction of sp³-hybridized carbons (Fsp3) is 0.312. The lowest BCUT2D eigenvalue weighted by atomic mass is 9.79. The Kier molecular flexibility index (Phi) is 4.87. The molecule has 7 heteroatoms. The van der Waals surface area contributed by atoms with Crippen LogP contribution in [0.5, 0.6) is 0 Å². The number of halogens is 4. The molecule has 3 N–H and O–H groups in total. The maximum atomic E-state index is 15.2. The first-order valence-corrected chi connectivity index (χ1v) is 7.22. The summed E-state index contributed by atoms with van der Waals surface area (Å²) in [5, 5.41) is 5.94. The maximum absolute atomic E-state index is 15.2. The normalized spacial score (nSPS) is 26.0. The van der Waals surface area contributed by atoms with Crippen molar-refractivity contribution < 1.29 is 23.1 Å². The average Bonchev–Trinajstić information content (AvgIpc) is 2.43. The van der Waals surface area contributed by atoms with Crippen molar-refractivity contribution in [1.82, 2.24) is 0 Å². The summed E-state index contributed by atoms with van der Waals surface area (Å²) in [6.45, 7) is 1.36. The van der Waals surface area contributed by atoms with E-state index in [1.165, 1.54) is 25.1 Å². The van der Waals surface area contributed by atoms with E-state index in [1.807, 2.05) is 0 Å². The van der Waals surface area contributed by atoms with E-state index in [2.05, 4.69) is 0 Å². The number of nitrogens with two attached hydrogens (primary N) is 1. The number of benzene rings is 1. The molecule has 1 aliphatic carbocycles. The fourth-order valence-electron chi connectivity index (χ4n) is 2.67. The number of rotatable bonds is 4. The Morgan fingerprint density at radius 2 is 2.04 bits per heavy atom. The van der Waals surface area contributed by atoms with Crippen molar-refractivity contribution >= 4 is 23.1 Å². The first kappa shape index (κ1) is 17.6. The highest BCUT2D eigenvalue weighted by Crippen LogP contribution is 2.50. The molecule has 124 valence electrons. The van der Waals surface area contributed by atoms with Crippen LogP contribution in [0.25, 0.3) is 5.57 Å². The van der Waals surface area contributed by atoms with E-state index < -0.39 is 41.1 Å². The van der Waals surface area contributed by atoms with Gasteiger partial charge >= 0.3 is 5.97 Å². The molecule has 1 aromatic carbocycles. The second kappa shape index (κ2) is 6.37. The van der Waals surface area contributed by atoms with E-state index in [4.69, 9.17) is 22.4 Å². The molecule has 0 aromatic heterocycles. The molecule has 0 heterocycles. The Morgan fingerprint density at radius 3 is 2.61 bits per heavy atom.